The SMILES string of the molecule is CN1CC(=O)NC1=NC(=O)c1ccc(Cl)nc1. The van der Waals surface area contributed by atoms with Crippen LogP contribution in [0, 0.1) is 0 Å². The van der Waals surface area contributed by atoms with Crippen LogP contribution in [0.1, 0.15) is 10.4 Å². The van der Waals surface area contributed by atoms with E-state index in [9.17, 15) is 9.59 Å². The first kappa shape index (κ1) is 11.5. The summed E-state index contributed by atoms with van der Waals surface area (Å²) in [6.07, 6.45) is 1.34. The van der Waals surface area contributed by atoms with E-state index in [1.54, 1.807) is 11.9 Å². The number of hydrogen-bond acceptors (Lipinski definition) is 3. The number of likely N-dealkylation sites (N-methyl/N-ethyl adjacent to an activating group) is 1. The van der Waals surface area contributed by atoms with Gasteiger partial charge in [-0.3, -0.25) is 14.9 Å². The van der Waals surface area contributed by atoms with Gasteiger partial charge in [0.2, 0.25) is 11.9 Å². The lowest BCUT2D eigenvalue weighted by molar-refractivity contribution is -0.118. The largest absolute Gasteiger partial charge is 0.336 e. The number of carbonyl (C=O) groups excluding carboxylic acids is 2. The van der Waals surface area contributed by atoms with Crippen LogP contribution in [0.5, 0.6) is 0 Å². The minimum Gasteiger partial charge on any atom is -0.336 e. The quantitative estimate of drug-likeness (QED) is 0.729. The second kappa shape index (κ2) is 4.50. The topological polar surface area (TPSA) is 74.7 Å². The molecular formula is C10H9ClN4O2. The molecule has 1 saturated heterocycles. The van der Waals surface area contributed by atoms with Crippen molar-refractivity contribution in [2.24, 2.45) is 4.99 Å². The smallest absolute Gasteiger partial charge is 0.281 e. The van der Waals surface area contributed by atoms with Crippen LogP contribution in [0.15, 0.2) is 23.3 Å². The van der Waals surface area contributed by atoms with Gasteiger partial charge in [-0.15, -0.1) is 0 Å². The van der Waals surface area contributed by atoms with Gasteiger partial charge < -0.3 is 4.90 Å². The third kappa shape index (κ3) is 2.59. The van der Waals surface area contributed by atoms with Crippen molar-refractivity contribution in [2.45, 2.75) is 0 Å². The van der Waals surface area contributed by atoms with Crippen molar-refractivity contribution in [1.82, 2.24) is 15.2 Å². The molecule has 1 N–H and O–H groups in total. The van der Waals surface area contributed by atoms with Crippen LogP contribution >= 0.6 is 11.6 Å². The second-order valence-electron chi connectivity index (χ2n) is 3.51. The van der Waals surface area contributed by atoms with E-state index in [2.05, 4.69) is 15.3 Å². The van der Waals surface area contributed by atoms with Crippen LogP contribution in [-0.2, 0) is 4.79 Å². The van der Waals surface area contributed by atoms with Crippen molar-refractivity contribution in [1.29, 1.82) is 0 Å². The highest BCUT2D eigenvalue weighted by atomic mass is 35.5. The molecule has 7 heteroatoms. The number of guanidine groups is 1. The number of nitrogens with zero attached hydrogens (tertiary/aromatic N) is 3. The molecule has 1 aliphatic rings. The zero-order valence-corrected chi connectivity index (χ0v) is 9.73. The summed E-state index contributed by atoms with van der Waals surface area (Å²) in [5, 5.41) is 2.79. The molecule has 1 fully saturated rings. The standard InChI is InChI=1S/C10H9ClN4O2/c1-15-5-8(16)13-10(15)14-9(17)6-2-3-7(11)12-4-6/h2-4H,5H2,1H3,(H,13,14,16,17). The van der Waals surface area contributed by atoms with Crippen molar-refractivity contribution < 1.29 is 9.59 Å². The zero-order valence-electron chi connectivity index (χ0n) is 8.98. The Hall–Kier alpha value is -1.95. The molecule has 0 unspecified atom stereocenters. The Morgan fingerprint density at radius 3 is 2.88 bits per heavy atom. The van der Waals surface area contributed by atoms with Gasteiger partial charge in [-0.25, -0.2) is 4.98 Å². The first-order valence-electron chi connectivity index (χ1n) is 4.82. The molecular weight excluding hydrogens is 244 g/mol. The van der Waals surface area contributed by atoms with E-state index in [1.165, 1.54) is 18.3 Å². The maximum Gasteiger partial charge on any atom is 0.281 e. The third-order valence-corrected chi connectivity index (χ3v) is 2.40. The number of carbonyl (C=O) groups is 2. The van der Waals surface area contributed by atoms with Crippen LogP contribution in [0.3, 0.4) is 0 Å². The Bertz CT molecular complexity index is 498. The van der Waals surface area contributed by atoms with Crippen LogP contribution in [-0.4, -0.2) is 41.3 Å². The summed E-state index contributed by atoms with van der Waals surface area (Å²) in [6.45, 7) is 0.199. The molecule has 88 valence electrons. The summed E-state index contributed by atoms with van der Waals surface area (Å²) < 4.78 is 0. The summed E-state index contributed by atoms with van der Waals surface area (Å²) in [6, 6.07) is 3.03. The van der Waals surface area contributed by atoms with Crippen LogP contribution in [0.25, 0.3) is 0 Å². The van der Waals surface area contributed by atoms with Gasteiger partial charge in [-0.05, 0) is 12.1 Å². The Balaban J connectivity index is 2.19. The number of aliphatic imine (C=N–C) groups is 1. The molecule has 0 bridgehead atoms. The third-order valence-electron chi connectivity index (χ3n) is 2.18. The highest BCUT2D eigenvalue weighted by molar-refractivity contribution is 6.29. The Labute approximate surface area is 102 Å². The molecule has 0 radical (unpaired) electrons. The van der Waals surface area contributed by atoms with Crippen molar-refractivity contribution >= 4 is 29.4 Å². The molecule has 2 amide bonds. The zero-order chi connectivity index (χ0) is 12.4. The molecule has 0 aliphatic carbocycles. The lowest BCUT2D eigenvalue weighted by Crippen LogP contribution is -2.28. The lowest BCUT2D eigenvalue weighted by Gasteiger charge is -2.07. The second-order valence-corrected chi connectivity index (χ2v) is 3.90. The molecule has 0 spiro atoms. The van der Waals surface area contributed by atoms with E-state index in [0.29, 0.717) is 10.7 Å². The lowest BCUT2D eigenvalue weighted by atomic mass is 10.3. The number of amides is 2. The van der Waals surface area contributed by atoms with Gasteiger partial charge >= 0.3 is 0 Å². The molecule has 1 aliphatic heterocycles. The fourth-order valence-electron chi connectivity index (χ4n) is 1.33. The van der Waals surface area contributed by atoms with Crippen molar-refractivity contribution in [3.63, 3.8) is 0 Å². The van der Waals surface area contributed by atoms with Crippen molar-refractivity contribution in [3.8, 4) is 0 Å². The van der Waals surface area contributed by atoms with Gasteiger partial charge in [0.1, 0.15) is 5.15 Å². The predicted octanol–water partition coefficient (Wildman–Crippen LogP) is 0.293. The normalized spacial score (nSPS) is 17.4. The highest BCUT2D eigenvalue weighted by Gasteiger charge is 2.22. The average molecular weight is 253 g/mol. The first-order valence-corrected chi connectivity index (χ1v) is 5.19. The van der Waals surface area contributed by atoms with Gasteiger partial charge in [0, 0.05) is 13.2 Å². The van der Waals surface area contributed by atoms with Gasteiger partial charge in [0.15, 0.2) is 0 Å². The minimum absolute atomic E-state index is 0.187. The van der Waals surface area contributed by atoms with E-state index in [4.69, 9.17) is 11.6 Å². The van der Waals surface area contributed by atoms with Gasteiger partial charge in [0.05, 0.1) is 12.1 Å². The van der Waals surface area contributed by atoms with Crippen LogP contribution in [0.4, 0.5) is 0 Å². The molecule has 1 aromatic heterocycles. The number of aromatic nitrogens is 1. The molecule has 0 atom stereocenters. The average Bonchev–Trinajstić information content (AvgIpc) is 2.58. The fraction of sp³-hybridized carbons (Fsp3) is 0.200. The van der Waals surface area contributed by atoms with Gasteiger partial charge in [-0.2, -0.15) is 4.99 Å². The van der Waals surface area contributed by atoms with Crippen molar-refractivity contribution in [3.05, 3.63) is 29.0 Å². The Morgan fingerprint density at radius 1 is 1.59 bits per heavy atom. The van der Waals surface area contributed by atoms with Gasteiger partial charge in [-0.1, -0.05) is 11.6 Å². The number of rotatable bonds is 1. The predicted molar refractivity (Wildman–Crippen MR) is 61.8 cm³/mol. The molecule has 0 saturated carbocycles. The summed E-state index contributed by atoms with van der Waals surface area (Å²) >= 11 is 5.61. The van der Waals surface area contributed by atoms with Crippen LogP contribution < -0.4 is 5.32 Å². The molecule has 2 rings (SSSR count). The maximum atomic E-state index is 11.7. The molecule has 1 aromatic rings. The summed E-state index contributed by atoms with van der Waals surface area (Å²) in [5.74, 6) is -0.415. The Kier molecular flexibility index (Phi) is 3.06. The molecule has 0 aromatic carbocycles. The number of pyridine rings is 1. The van der Waals surface area contributed by atoms with E-state index >= 15 is 0 Å². The number of hydrogen-bond donors (Lipinski definition) is 1. The number of halogens is 1. The van der Waals surface area contributed by atoms with E-state index in [1.807, 2.05) is 0 Å². The minimum atomic E-state index is -0.474. The highest BCUT2D eigenvalue weighted by Crippen LogP contribution is 2.07. The number of nitrogens with one attached hydrogen (secondary N) is 1. The van der Waals surface area contributed by atoms with E-state index < -0.39 is 5.91 Å². The van der Waals surface area contributed by atoms with E-state index in [-0.39, 0.29) is 18.4 Å². The van der Waals surface area contributed by atoms with Crippen LogP contribution in [0.2, 0.25) is 5.15 Å². The summed E-state index contributed by atoms with van der Waals surface area (Å²) in [5.41, 5.74) is 0.316. The van der Waals surface area contributed by atoms with E-state index in [0.717, 1.165) is 0 Å². The molecule has 6 nitrogen and oxygen atoms in total. The first-order chi connectivity index (χ1) is 8.06. The maximum absolute atomic E-state index is 11.7. The van der Waals surface area contributed by atoms with Crippen molar-refractivity contribution in [2.75, 3.05) is 13.6 Å². The monoisotopic (exact) mass is 252 g/mol. The molecule has 17 heavy (non-hydrogen) atoms. The summed E-state index contributed by atoms with van der Waals surface area (Å²) in [7, 11) is 1.67. The fourth-order valence-corrected chi connectivity index (χ4v) is 1.44. The van der Waals surface area contributed by atoms with Gasteiger partial charge in [0.25, 0.3) is 5.91 Å². The Morgan fingerprint density at radius 2 is 2.35 bits per heavy atom. The summed E-state index contributed by atoms with van der Waals surface area (Å²) in [4.78, 5) is 31.9. The molecule has 2 heterocycles.